The van der Waals surface area contributed by atoms with E-state index in [-0.39, 0.29) is 23.1 Å². The Morgan fingerprint density at radius 3 is 3.05 bits per heavy atom. The summed E-state index contributed by atoms with van der Waals surface area (Å²) in [5.74, 6) is 0.339. The molecule has 2 bridgehead atoms. The normalized spacial score (nSPS) is 51.4. The van der Waals surface area contributed by atoms with Gasteiger partial charge in [-0.2, -0.15) is 0 Å². The molecule has 5 heteroatoms. The molecule has 2 spiro atoms. The van der Waals surface area contributed by atoms with E-state index in [9.17, 15) is 15.0 Å². The highest BCUT2D eigenvalue weighted by atomic mass is 16.5. The lowest BCUT2D eigenvalue weighted by molar-refractivity contribution is -0.131. The van der Waals surface area contributed by atoms with E-state index >= 15 is 0 Å². The minimum Gasteiger partial charge on any atom is -0.504 e. The fourth-order valence-corrected chi connectivity index (χ4v) is 6.08. The number of phenols is 1. The van der Waals surface area contributed by atoms with Crippen molar-refractivity contribution in [2.45, 2.75) is 41.5 Å². The number of piperidine rings is 1. The van der Waals surface area contributed by atoms with Crippen LogP contribution in [0.5, 0.6) is 11.5 Å². The van der Waals surface area contributed by atoms with Gasteiger partial charge in [-0.15, -0.1) is 0 Å². The molecule has 4 unspecified atom stereocenters. The Kier molecular flexibility index (Phi) is 1.51. The molecule has 2 fully saturated rings. The number of fused-ring (bicyclic) bond motifs is 1. The molecule has 3 aliphatic carbocycles. The molecule has 2 aliphatic heterocycles. The largest absolute Gasteiger partial charge is 0.504 e. The van der Waals surface area contributed by atoms with Crippen LogP contribution in [0.1, 0.15) is 17.5 Å². The summed E-state index contributed by atoms with van der Waals surface area (Å²) in [5.41, 5.74) is 0.0259. The second-order valence-electron chi connectivity index (χ2n) is 7.45. The van der Waals surface area contributed by atoms with Gasteiger partial charge in [-0.1, -0.05) is 6.07 Å². The van der Waals surface area contributed by atoms with Crippen molar-refractivity contribution in [1.29, 1.82) is 0 Å². The van der Waals surface area contributed by atoms with E-state index in [1.54, 1.807) is 12.1 Å². The van der Waals surface area contributed by atoms with Crippen LogP contribution in [0.2, 0.25) is 0 Å². The zero-order valence-electron chi connectivity index (χ0n) is 12.0. The first-order valence-electron chi connectivity index (χ1n) is 7.66. The SMILES string of the molecule is CN1C2C13Cc1ccc(O)c4c1[C@@]1(C3)[C@@H](O4)C(=O)C=CC21O. The van der Waals surface area contributed by atoms with Gasteiger partial charge >= 0.3 is 0 Å². The van der Waals surface area contributed by atoms with Gasteiger partial charge in [0, 0.05) is 11.1 Å². The Hall–Kier alpha value is -1.85. The van der Waals surface area contributed by atoms with Crippen LogP contribution in [-0.4, -0.2) is 51.2 Å². The van der Waals surface area contributed by atoms with Gasteiger partial charge in [0.1, 0.15) is 5.60 Å². The Balaban J connectivity index is 1.78. The number of carbonyl (C=O) groups is 1. The Bertz CT molecular complexity index is 832. The highest BCUT2D eigenvalue weighted by Crippen LogP contribution is 2.75. The molecule has 22 heavy (non-hydrogen) atoms. The number of rotatable bonds is 0. The number of hydrogen-bond acceptors (Lipinski definition) is 5. The maximum atomic E-state index is 12.4. The Labute approximate surface area is 126 Å². The summed E-state index contributed by atoms with van der Waals surface area (Å²) in [4.78, 5) is 14.7. The van der Waals surface area contributed by atoms with Gasteiger partial charge in [0.25, 0.3) is 0 Å². The molecule has 5 nitrogen and oxygen atoms in total. The topological polar surface area (TPSA) is 69.8 Å². The lowest BCUT2D eigenvalue weighted by Gasteiger charge is -2.47. The van der Waals surface area contributed by atoms with Crippen molar-refractivity contribution < 1.29 is 19.7 Å². The van der Waals surface area contributed by atoms with E-state index in [2.05, 4.69) is 4.90 Å². The number of ketones is 1. The number of phenolic OH excluding ortho intramolecular Hbond substituents is 1. The fraction of sp³-hybridized carbons (Fsp3) is 0.471. The minimum atomic E-state index is -1.11. The van der Waals surface area contributed by atoms with Crippen molar-refractivity contribution in [2.75, 3.05) is 7.05 Å². The maximum Gasteiger partial charge on any atom is 0.196 e. The zero-order chi connectivity index (χ0) is 15.1. The maximum absolute atomic E-state index is 12.4. The van der Waals surface area contributed by atoms with Crippen molar-refractivity contribution in [3.05, 3.63) is 35.4 Å². The van der Waals surface area contributed by atoms with E-state index in [1.807, 2.05) is 13.1 Å². The minimum absolute atomic E-state index is 0.0101. The van der Waals surface area contributed by atoms with Gasteiger partial charge < -0.3 is 14.9 Å². The van der Waals surface area contributed by atoms with Crippen LogP contribution in [0, 0.1) is 0 Å². The molecule has 6 atom stereocenters. The van der Waals surface area contributed by atoms with Crippen molar-refractivity contribution in [2.24, 2.45) is 0 Å². The molecule has 1 aromatic carbocycles. The summed E-state index contributed by atoms with van der Waals surface area (Å²) in [7, 11) is 2.04. The van der Waals surface area contributed by atoms with Gasteiger partial charge in [-0.05, 0) is 43.7 Å². The number of ether oxygens (including phenoxy) is 1. The molecule has 1 saturated heterocycles. The van der Waals surface area contributed by atoms with Crippen molar-refractivity contribution in [3.8, 4) is 11.5 Å². The quantitative estimate of drug-likeness (QED) is 0.673. The first-order chi connectivity index (χ1) is 10.5. The van der Waals surface area contributed by atoms with Crippen LogP contribution in [-0.2, 0) is 16.6 Å². The van der Waals surface area contributed by atoms with Gasteiger partial charge in [0.15, 0.2) is 23.4 Å². The molecule has 0 amide bonds. The van der Waals surface area contributed by atoms with Crippen LogP contribution in [0.3, 0.4) is 0 Å². The van der Waals surface area contributed by atoms with Crippen LogP contribution >= 0.6 is 0 Å². The summed E-state index contributed by atoms with van der Waals surface area (Å²) in [5, 5.41) is 21.7. The fourth-order valence-electron chi connectivity index (χ4n) is 6.08. The van der Waals surface area contributed by atoms with Crippen LogP contribution in [0.25, 0.3) is 0 Å². The molecule has 1 aromatic rings. The van der Waals surface area contributed by atoms with E-state index in [4.69, 9.17) is 4.74 Å². The molecule has 0 radical (unpaired) electrons. The molecule has 2 N–H and O–H groups in total. The summed E-state index contributed by atoms with van der Waals surface area (Å²) in [6.45, 7) is 0. The number of nitrogens with zero attached hydrogens (tertiary/aromatic N) is 1. The van der Waals surface area contributed by atoms with Crippen LogP contribution in [0.15, 0.2) is 24.3 Å². The molecular weight excluding hydrogens is 282 g/mol. The number of benzene rings is 1. The number of hydrogen-bond donors (Lipinski definition) is 2. The standard InChI is InChI=1S/C17H15NO4/c1-18-14-15(18)6-8-2-3-9(19)12-11(8)16(7-15)13(22-12)10(20)4-5-17(14,16)21/h2-5,13-14,19,21H,6-7H2,1H3/t13-,14?,15?,16-,17?,18?/m0/s1. The predicted octanol–water partition coefficient (Wildman–Crippen LogP) is 0.274. The highest BCUT2D eigenvalue weighted by molar-refractivity contribution is 5.99. The molecule has 1 saturated carbocycles. The lowest BCUT2D eigenvalue weighted by Crippen LogP contribution is -2.62. The third-order valence-corrected chi connectivity index (χ3v) is 6.86. The Morgan fingerprint density at radius 2 is 2.23 bits per heavy atom. The average Bonchev–Trinajstić information content (AvgIpc) is 2.82. The van der Waals surface area contributed by atoms with Crippen LogP contribution < -0.4 is 4.74 Å². The molecule has 112 valence electrons. The number of aromatic hydroxyl groups is 1. The van der Waals surface area contributed by atoms with E-state index in [1.165, 1.54) is 6.08 Å². The van der Waals surface area contributed by atoms with Gasteiger partial charge in [-0.3, -0.25) is 9.69 Å². The third-order valence-electron chi connectivity index (χ3n) is 6.86. The summed E-state index contributed by atoms with van der Waals surface area (Å²) in [6.07, 6.45) is 3.96. The van der Waals surface area contributed by atoms with Crippen LogP contribution in [0.4, 0.5) is 0 Å². The second kappa shape index (κ2) is 2.84. The summed E-state index contributed by atoms with van der Waals surface area (Å²) < 4.78 is 5.90. The van der Waals surface area contributed by atoms with E-state index < -0.39 is 17.1 Å². The van der Waals surface area contributed by atoms with Crippen molar-refractivity contribution in [3.63, 3.8) is 0 Å². The van der Waals surface area contributed by atoms with Gasteiger partial charge in [-0.25, -0.2) is 0 Å². The molecule has 0 aromatic heterocycles. The molecule has 6 rings (SSSR count). The zero-order valence-corrected chi connectivity index (χ0v) is 12.0. The monoisotopic (exact) mass is 297 g/mol. The second-order valence-corrected chi connectivity index (χ2v) is 7.45. The number of likely N-dealkylation sites (tertiary alicyclic amines) is 1. The van der Waals surface area contributed by atoms with Gasteiger partial charge in [0.05, 0.1) is 11.5 Å². The first kappa shape index (κ1) is 11.7. The Morgan fingerprint density at radius 1 is 1.41 bits per heavy atom. The van der Waals surface area contributed by atoms with Gasteiger partial charge in [0.2, 0.25) is 0 Å². The highest BCUT2D eigenvalue weighted by Gasteiger charge is 2.87. The molecular formula is C17H15NO4. The number of carbonyl (C=O) groups excluding carboxylic acids is 1. The summed E-state index contributed by atoms with van der Waals surface area (Å²) >= 11 is 0. The van der Waals surface area contributed by atoms with Crippen molar-refractivity contribution >= 4 is 5.78 Å². The van der Waals surface area contributed by atoms with E-state index in [0.717, 1.165) is 17.5 Å². The summed E-state index contributed by atoms with van der Waals surface area (Å²) in [6, 6.07) is 3.56. The number of aliphatic hydroxyl groups is 1. The third kappa shape index (κ3) is 0.811. The predicted molar refractivity (Wildman–Crippen MR) is 75.9 cm³/mol. The van der Waals surface area contributed by atoms with E-state index in [0.29, 0.717) is 12.2 Å². The lowest BCUT2D eigenvalue weighted by atomic mass is 9.59. The molecule has 2 heterocycles. The van der Waals surface area contributed by atoms with Crippen molar-refractivity contribution in [1.82, 2.24) is 4.90 Å². The first-order valence-corrected chi connectivity index (χ1v) is 7.66. The number of likely N-dealkylation sites (N-methyl/N-ethyl adjacent to an activating group) is 1. The smallest absolute Gasteiger partial charge is 0.196 e. The molecule has 5 aliphatic rings. The average molecular weight is 297 g/mol.